The number of nitrogens with two attached hydrogens (primary N) is 1. The van der Waals surface area contributed by atoms with Crippen molar-refractivity contribution in [1.29, 1.82) is 0 Å². The van der Waals surface area contributed by atoms with Gasteiger partial charge in [-0.05, 0) is 13.8 Å². The highest BCUT2D eigenvalue weighted by Gasteiger charge is 2.16. The van der Waals surface area contributed by atoms with Crippen molar-refractivity contribution in [3.8, 4) is 0 Å². The molecular formula is C6H11N3O2S. The lowest BCUT2D eigenvalue weighted by Crippen LogP contribution is -2.19. The molecule has 68 valence electrons. The molecule has 0 amide bonds. The number of rotatable bonds is 2. The molecular weight excluding hydrogens is 178 g/mol. The predicted octanol–water partition coefficient (Wildman–Crippen LogP) is 0.111. The molecule has 0 bridgehead atoms. The van der Waals surface area contributed by atoms with Gasteiger partial charge in [-0.25, -0.2) is 18.5 Å². The van der Waals surface area contributed by atoms with Gasteiger partial charge in [0.15, 0.2) is 0 Å². The quantitative estimate of drug-likeness (QED) is 0.717. The molecule has 0 spiro atoms. The molecule has 0 fully saturated rings. The minimum Gasteiger partial charge on any atom is -0.318 e. The molecule has 0 saturated heterocycles. The smallest absolute Gasteiger partial charge is 0.272 e. The second-order valence-corrected chi connectivity index (χ2v) is 4.21. The standard InChI is InChI=1S/C6H11N3O2S/c1-5(2)9-4-3-8-6(9)12(7,10)11/h3-5H,1-2H3,(H2,7,10,11). The van der Waals surface area contributed by atoms with Crippen molar-refractivity contribution < 1.29 is 8.42 Å². The Bertz CT molecular complexity index is 366. The van der Waals surface area contributed by atoms with E-state index in [9.17, 15) is 8.42 Å². The molecule has 0 aliphatic carbocycles. The Balaban J connectivity index is 3.26. The van der Waals surface area contributed by atoms with E-state index in [-0.39, 0.29) is 11.2 Å². The van der Waals surface area contributed by atoms with Crippen molar-refractivity contribution >= 4 is 10.0 Å². The van der Waals surface area contributed by atoms with Crippen molar-refractivity contribution in [2.45, 2.75) is 25.0 Å². The number of aromatic nitrogens is 2. The summed E-state index contributed by atoms with van der Waals surface area (Å²) in [4.78, 5) is 3.66. The van der Waals surface area contributed by atoms with Gasteiger partial charge in [0.2, 0.25) is 5.16 Å². The average molecular weight is 189 g/mol. The molecule has 0 atom stereocenters. The number of hydrogen-bond donors (Lipinski definition) is 1. The highest BCUT2D eigenvalue weighted by molar-refractivity contribution is 7.89. The second kappa shape index (κ2) is 2.87. The van der Waals surface area contributed by atoms with E-state index in [0.29, 0.717) is 0 Å². The van der Waals surface area contributed by atoms with E-state index >= 15 is 0 Å². The molecule has 1 rings (SSSR count). The van der Waals surface area contributed by atoms with Gasteiger partial charge >= 0.3 is 0 Å². The minimum atomic E-state index is -3.68. The summed E-state index contributed by atoms with van der Waals surface area (Å²) >= 11 is 0. The maximum absolute atomic E-state index is 10.9. The van der Waals surface area contributed by atoms with Crippen LogP contribution in [0.5, 0.6) is 0 Å². The van der Waals surface area contributed by atoms with E-state index < -0.39 is 10.0 Å². The summed E-state index contributed by atoms with van der Waals surface area (Å²) in [5.74, 6) is 0. The van der Waals surface area contributed by atoms with E-state index in [2.05, 4.69) is 4.98 Å². The van der Waals surface area contributed by atoms with Crippen LogP contribution in [0.4, 0.5) is 0 Å². The molecule has 0 aliphatic rings. The Hall–Kier alpha value is -0.880. The average Bonchev–Trinajstić information content (AvgIpc) is 2.30. The first-order chi connectivity index (χ1) is 5.43. The zero-order chi connectivity index (χ0) is 9.35. The SMILES string of the molecule is CC(C)n1ccnc1S(N)(=O)=O. The van der Waals surface area contributed by atoms with Gasteiger partial charge in [-0.1, -0.05) is 0 Å². The first-order valence-corrected chi connectivity index (χ1v) is 5.03. The first kappa shape index (κ1) is 9.21. The first-order valence-electron chi connectivity index (χ1n) is 3.48. The van der Waals surface area contributed by atoms with E-state index in [0.717, 1.165) is 0 Å². The van der Waals surface area contributed by atoms with E-state index in [4.69, 9.17) is 5.14 Å². The third kappa shape index (κ3) is 1.64. The third-order valence-electron chi connectivity index (χ3n) is 1.44. The number of sulfonamides is 1. The van der Waals surface area contributed by atoms with Gasteiger partial charge in [-0.2, -0.15) is 0 Å². The molecule has 2 N–H and O–H groups in total. The van der Waals surface area contributed by atoms with Crippen molar-refractivity contribution in [2.24, 2.45) is 5.14 Å². The molecule has 0 aromatic carbocycles. The lowest BCUT2D eigenvalue weighted by molar-refractivity contribution is 0.521. The van der Waals surface area contributed by atoms with Gasteiger partial charge < -0.3 is 4.57 Å². The number of nitrogens with zero attached hydrogens (tertiary/aromatic N) is 2. The zero-order valence-corrected chi connectivity index (χ0v) is 7.75. The van der Waals surface area contributed by atoms with Crippen LogP contribution >= 0.6 is 0 Å². The Morgan fingerprint density at radius 2 is 2.17 bits per heavy atom. The van der Waals surface area contributed by atoms with Crippen LogP contribution in [0, 0.1) is 0 Å². The van der Waals surface area contributed by atoms with Crippen LogP contribution in [0.25, 0.3) is 0 Å². The lowest BCUT2D eigenvalue weighted by atomic mass is 10.4. The van der Waals surface area contributed by atoms with Crippen LogP contribution in [-0.4, -0.2) is 18.0 Å². The molecule has 1 aromatic rings. The second-order valence-electron chi connectivity index (χ2n) is 2.76. The largest absolute Gasteiger partial charge is 0.318 e. The number of hydrogen-bond acceptors (Lipinski definition) is 3. The van der Waals surface area contributed by atoms with E-state index in [1.165, 1.54) is 10.8 Å². The van der Waals surface area contributed by atoms with E-state index in [1.54, 1.807) is 6.20 Å². The molecule has 12 heavy (non-hydrogen) atoms. The summed E-state index contributed by atoms with van der Waals surface area (Å²) in [7, 11) is -3.68. The Morgan fingerprint density at radius 1 is 1.58 bits per heavy atom. The normalized spacial score (nSPS) is 12.3. The topological polar surface area (TPSA) is 78.0 Å². The molecule has 1 heterocycles. The van der Waals surface area contributed by atoms with Gasteiger partial charge in [0.1, 0.15) is 0 Å². The van der Waals surface area contributed by atoms with Gasteiger partial charge in [0.05, 0.1) is 0 Å². The zero-order valence-electron chi connectivity index (χ0n) is 6.93. The predicted molar refractivity (Wildman–Crippen MR) is 44.0 cm³/mol. The summed E-state index contributed by atoms with van der Waals surface area (Å²) in [5.41, 5.74) is 0. The van der Waals surface area contributed by atoms with Gasteiger partial charge in [0.25, 0.3) is 10.0 Å². The molecule has 0 unspecified atom stereocenters. The monoisotopic (exact) mass is 189 g/mol. The molecule has 0 saturated carbocycles. The number of imidazole rings is 1. The van der Waals surface area contributed by atoms with Crippen LogP contribution in [0.2, 0.25) is 0 Å². The number of primary sulfonamides is 1. The van der Waals surface area contributed by atoms with Crippen molar-refractivity contribution in [3.63, 3.8) is 0 Å². The highest BCUT2D eigenvalue weighted by atomic mass is 32.2. The fourth-order valence-electron chi connectivity index (χ4n) is 0.913. The lowest BCUT2D eigenvalue weighted by Gasteiger charge is -2.08. The van der Waals surface area contributed by atoms with Crippen LogP contribution in [0.3, 0.4) is 0 Å². The maximum atomic E-state index is 10.9. The van der Waals surface area contributed by atoms with Crippen molar-refractivity contribution in [2.75, 3.05) is 0 Å². The fraction of sp³-hybridized carbons (Fsp3) is 0.500. The fourth-order valence-corrected chi connectivity index (χ4v) is 1.69. The Labute approximate surface area is 71.3 Å². The minimum absolute atomic E-state index is 0.0424. The summed E-state index contributed by atoms with van der Waals surface area (Å²) in [6.07, 6.45) is 3.00. The van der Waals surface area contributed by atoms with Crippen molar-refractivity contribution in [1.82, 2.24) is 9.55 Å². The van der Waals surface area contributed by atoms with Crippen LogP contribution in [0.1, 0.15) is 19.9 Å². The third-order valence-corrected chi connectivity index (χ3v) is 2.27. The molecule has 1 aromatic heterocycles. The summed E-state index contributed by atoms with van der Waals surface area (Å²) in [5, 5.41) is 4.84. The van der Waals surface area contributed by atoms with Gasteiger partial charge in [0, 0.05) is 18.4 Å². The molecule has 0 radical (unpaired) electrons. The molecule has 6 heteroatoms. The van der Waals surface area contributed by atoms with Crippen LogP contribution in [0.15, 0.2) is 17.6 Å². The summed E-state index contributed by atoms with van der Waals surface area (Å²) < 4.78 is 23.3. The van der Waals surface area contributed by atoms with Crippen LogP contribution < -0.4 is 5.14 Å². The van der Waals surface area contributed by atoms with Crippen molar-refractivity contribution in [3.05, 3.63) is 12.4 Å². The van der Waals surface area contributed by atoms with Crippen LogP contribution in [-0.2, 0) is 10.0 Å². The Morgan fingerprint density at radius 3 is 2.50 bits per heavy atom. The van der Waals surface area contributed by atoms with Gasteiger partial charge in [-0.3, -0.25) is 0 Å². The summed E-state index contributed by atoms with van der Waals surface area (Å²) in [6.45, 7) is 3.72. The van der Waals surface area contributed by atoms with E-state index in [1.807, 2.05) is 13.8 Å². The van der Waals surface area contributed by atoms with Gasteiger partial charge in [-0.15, -0.1) is 0 Å². The maximum Gasteiger partial charge on any atom is 0.272 e. The Kier molecular flexibility index (Phi) is 2.20. The molecule has 0 aliphatic heterocycles. The molecule has 5 nitrogen and oxygen atoms in total. The highest BCUT2D eigenvalue weighted by Crippen LogP contribution is 2.10. The summed E-state index contributed by atoms with van der Waals surface area (Å²) in [6, 6.07) is 0.0424.